The summed E-state index contributed by atoms with van der Waals surface area (Å²) in [6, 6.07) is 0. The molecule has 2 fully saturated rings. The summed E-state index contributed by atoms with van der Waals surface area (Å²) in [6.45, 7) is 6.42. The molecule has 0 radical (unpaired) electrons. The largest absolute Gasteiger partial charge is 0.455 e. The van der Waals surface area contributed by atoms with Gasteiger partial charge in [0.1, 0.15) is 18.2 Å². The second-order valence-electron chi connectivity index (χ2n) is 5.66. The first kappa shape index (κ1) is 17.1. The minimum atomic E-state index is -2.48. The van der Waals surface area contributed by atoms with E-state index in [0.29, 0.717) is 12.8 Å². The van der Waals surface area contributed by atoms with E-state index >= 15 is 0 Å². The smallest absolute Gasteiger partial charge is 0.325 e. The fourth-order valence-corrected chi connectivity index (χ4v) is 3.18. The standard InChI is InChI=1S/C13H19NO7S/c1-7(2)12(16)14-6-9(15)19-11-10(21-22(17)18)8-4-5-13(11,3)20-8/h8,10-11H,1,4-6H2,2-3H3,(H,14,16)(H,17,18). The Hall–Kier alpha value is -1.29. The maximum absolute atomic E-state index is 11.9. The number of rotatable bonds is 6. The van der Waals surface area contributed by atoms with Crippen molar-refractivity contribution >= 4 is 23.2 Å². The number of ether oxygens (including phenoxy) is 2. The Labute approximate surface area is 130 Å². The van der Waals surface area contributed by atoms with Crippen LogP contribution < -0.4 is 5.32 Å². The summed E-state index contributed by atoms with van der Waals surface area (Å²) >= 11 is -2.48. The summed E-state index contributed by atoms with van der Waals surface area (Å²) in [4.78, 5) is 23.2. The highest BCUT2D eigenvalue weighted by atomic mass is 32.2. The first-order valence-corrected chi connectivity index (χ1v) is 7.85. The van der Waals surface area contributed by atoms with Crippen LogP contribution in [0.25, 0.3) is 0 Å². The normalized spacial score (nSPS) is 34.2. The van der Waals surface area contributed by atoms with E-state index in [0.717, 1.165) is 0 Å². The highest BCUT2D eigenvalue weighted by molar-refractivity contribution is 7.74. The molecule has 1 amide bonds. The zero-order chi connectivity index (χ0) is 16.5. The van der Waals surface area contributed by atoms with Crippen LogP contribution in [0.15, 0.2) is 12.2 Å². The fraction of sp³-hybridized carbons (Fsp3) is 0.692. The molecule has 2 aliphatic rings. The topological polar surface area (TPSA) is 111 Å². The molecule has 2 N–H and O–H groups in total. The first-order chi connectivity index (χ1) is 10.2. The van der Waals surface area contributed by atoms with Crippen LogP contribution >= 0.6 is 0 Å². The lowest BCUT2D eigenvalue weighted by atomic mass is 9.85. The first-order valence-electron chi connectivity index (χ1n) is 6.82. The van der Waals surface area contributed by atoms with Crippen LogP contribution in [0, 0.1) is 0 Å². The van der Waals surface area contributed by atoms with E-state index in [1.54, 1.807) is 6.92 Å². The predicted octanol–water partition coefficient (Wildman–Crippen LogP) is 0.0637. The van der Waals surface area contributed by atoms with Crippen molar-refractivity contribution < 1.29 is 32.0 Å². The Kier molecular flexibility index (Phi) is 5.00. The molecule has 8 nitrogen and oxygen atoms in total. The molecule has 5 atom stereocenters. The van der Waals surface area contributed by atoms with Gasteiger partial charge in [-0.3, -0.25) is 18.3 Å². The van der Waals surface area contributed by atoms with E-state index in [-0.39, 0.29) is 18.2 Å². The van der Waals surface area contributed by atoms with Gasteiger partial charge in [0.15, 0.2) is 6.10 Å². The Balaban J connectivity index is 1.97. The SMILES string of the molecule is C=C(C)C(=O)NCC(=O)OC1C(OS(=O)O)C2CCC1(C)O2. The van der Waals surface area contributed by atoms with Crippen LogP contribution in [0.4, 0.5) is 0 Å². The van der Waals surface area contributed by atoms with Crippen LogP contribution in [-0.4, -0.2) is 51.1 Å². The summed E-state index contributed by atoms with van der Waals surface area (Å²) in [5.41, 5.74) is -0.470. The molecule has 124 valence electrons. The molecule has 22 heavy (non-hydrogen) atoms. The monoisotopic (exact) mass is 333 g/mol. The number of hydrogen-bond acceptors (Lipinski definition) is 6. The third-order valence-electron chi connectivity index (χ3n) is 3.85. The molecule has 2 saturated heterocycles. The molecule has 5 unspecified atom stereocenters. The number of nitrogens with one attached hydrogen (secondary N) is 1. The van der Waals surface area contributed by atoms with Gasteiger partial charge in [0.25, 0.3) is 0 Å². The van der Waals surface area contributed by atoms with Gasteiger partial charge in [-0.05, 0) is 26.7 Å². The molecule has 2 rings (SSSR count). The van der Waals surface area contributed by atoms with Crippen molar-refractivity contribution in [3.8, 4) is 0 Å². The van der Waals surface area contributed by atoms with Crippen LogP contribution in [0.2, 0.25) is 0 Å². The molecule has 2 heterocycles. The van der Waals surface area contributed by atoms with Crippen molar-refractivity contribution in [3.05, 3.63) is 12.2 Å². The lowest BCUT2D eigenvalue weighted by Gasteiger charge is -2.32. The number of hydrogen-bond donors (Lipinski definition) is 2. The average Bonchev–Trinajstić information content (AvgIpc) is 2.92. The molecule has 0 saturated carbocycles. The van der Waals surface area contributed by atoms with E-state index in [4.69, 9.17) is 18.2 Å². The molecule has 2 aliphatic heterocycles. The molecule has 0 aromatic heterocycles. The van der Waals surface area contributed by atoms with Crippen LogP contribution in [0.3, 0.4) is 0 Å². The Morgan fingerprint density at radius 2 is 2.23 bits per heavy atom. The summed E-state index contributed by atoms with van der Waals surface area (Å²) in [5.74, 6) is -1.12. The van der Waals surface area contributed by atoms with E-state index in [2.05, 4.69) is 11.9 Å². The number of esters is 1. The predicted molar refractivity (Wildman–Crippen MR) is 75.9 cm³/mol. The van der Waals surface area contributed by atoms with Gasteiger partial charge in [0, 0.05) is 5.57 Å². The molecular weight excluding hydrogens is 314 g/mol. The Morgan fingerprint density at radius 3 is 2.82 bits per heavy atom. The summed E-state index contributed by atoms with van der Waals surface area (Å²) in [7, 11) is 0. The molecule has 9 heteroatoms. The van der Waals surface area contributed by atoms with Crippen LogP contribution in [-0.2, 0) is 34.6 Å². The average molecular weight is 333 g/mol. The maximum atomic E-state index is 11.9. The third-order valence-corrected chi connectivity index (χ3v) is 4.23. The van der Waals surface area contributed by atoms with Gasteiger partial charge < -0.3 is 14.8 Å². The highest BCUT2D eigenvalue weighted by Gasteiger charge is 2.60. The van der Waals surface area contributed by atoms with Crippen molar-refractivity contribution in [1.29, 1.82) is 0 Å². The van der Waals surface area contributed by atoms with Crippen molar-refractivity contribution in [2.24, 2.45) is 0 Å². The van der Waals surface area contributed by atoms with Gasteiger partial charge in [0.2, 0.25) is 5.91 Å². The molecular formula is C13H19NO7S. The number of carbonyl (C=O) groups is 2. The zero-order valence-electron chi connectivity index (χ0n) is 12.4. The summed E-state index contributed by atoms with van der Waals surface area (Å²) in [6.07, 6.45) is -0.657. The minimum Gasteiger partial charge on any atom is -0.455 e. The Bertz CT molecular complexity index is 523. The number of fused-ring (bicyclic) bond motifs is 2. The van der Waals surface area contributed by atoms with Crippen LogP contribution in [0.5, 0.6) is 0 Å². The number of amides is 1. The zero-order valence-corrected chi connectivity index (χ0v) is 13.2. The Morgan fingerprint density at radius 1 is 1.55 bits per heavy atom. The number of carbonyl (C=O) groups excluding carboxylic acids is 2. The van der Waals surface area contributed by atoms with Crippen molar-refractivity contribution in [3.63, 3.8) is 0 Å². The van der Waals surface area contributed by atoms with E-state index in [9.17, 15) is 13.8 Å². The molecule has 0 aliphatic carbocycles. The van der Waals surface area contributed by atoms with Gasteiger partial charge in [-0.2, -0.15) is 4.21 Å². The lowest BCUT2D eigenvalue weighted by molar-refractivity contribution is -0.160. The highest BCUT2D eigenvalue weighted by Crippen LogP contribution is 2.46. The van der Waals surface area contributed by atoms with E-state index in [1.807, 2.05) is 0 Å². The van der Waals surface area contributed by atoms with Gasteiger partial charge in [-0.25, -0.2) is 0 Å². The van der Waals surface area contributed by atoms with Crippen molar-refractivity contribution in [1.82, 2.24) is 5.32 Å². The second kappa shape index (κ2) is 6.45. The maximum Gasteiger partial charge on any atom is 0.325 e. The van der Waals surface area contributed by atoms with Crippen LogP contribution in [0.1, 0.15) is 26.7 Å². The molecule has 2 bridgehead atoms. The van der Waals surface area contributed by atoms with E-state index < -0.39 is 41.0 Å². The van der Waals surface area contributed by atoms with Crippen molar-refractivity contribution in [2.45, 2.75) is 50.6 Å². The van der Waals surface area contributed by atoms with E-state index in [1.165, 1.54) is 6.92 Å². The fourth-order valence-electron chi connectivity index (χ4n) is 2.76. The van der Waals surface area contributed by atoms with Crippen molar-refractivity contribution in [2.75, 3.05) is 6.54 Å². The molecule has 0 spiro atoms. The molecule has 0 aromatic rings. The van der Waals surface area contributed by atoms with Gasteiger partial charge in [-0.1, -0.05) is 6.58 Å². The van der Waals surface area contributed by atoms with Gasteiger partial charge in [0.05, 0.1) is 6.10 Å². The second-order valence-corrected chi connectivity index (χ2v) is 6.29. The third kappa shape index (κ3) is 3.54. The summed E-state index contributed by atoms with van der Waals surface area (Å²) in [5, 5.41) is 2.36. The minimum absolute atomic E-state index is 0.278. The van der Waals surface area contributed by atoms with Gasteiger partial charge >= 0.3 is 17.3 Å². The van der Waals surface area contributed by atoms with Gasteiger partial charge in [-0.15, -0.1) is 0 Å². The summed E-state index contributed by atoms with van der Waals surface area (Å²) < 4.78 is 35.7. The lowest BCUT2D eigenvalue weighted by Crippen LogP contribution is -2.49. The molecule has 0 aromatic carbocycles. The quantitative estimate of drug-likeness (QED) is 0.402.